The van der Waals surface area contributed by atoms with Gasteiger partial charge in [0.1, 0.15) is 10.4 Å². The van der Waals surface area contributed by atoms with E-state index in [-0.39, 0.29) is 52.8 Å². The van der Waals surface area contributed by atoms with Crippen molar-refractivity contribution in [1.29, 1.82) is 0 Å². The second-order valence-electron chi connectivity index (χ2n) is 2.22. The Morgan fingerprint density at radius 3 is 1.93 bits per heavy atom. The molecule has 0 aliphatic rings. The molecule has 0 aliphatic carbocycles. The minimum Gasteiger partial charge on any atom is -0.481 e. The Balaban J connectivity index is -0.000000249. The summed E-state index contributed by atoms with van der Waals surface area (Å²) in [5.74, 6) is -2.20. The maximum atomic E-state index is 9.99. The molecule has 0 aromatic carbocycles. The monoisotopic (exact) mass is 379 g/mol. The van der Waals surface area contributed by atoms with Crippen LogP contribution < -0.4 is 11.5 Å². The zero-order valence-electron chi connectivity index (χ0n) is 7.79. The van der Waals surface area contributed by atoms with Gasteiger partial charge >= 0.3 is 11.9 Å². The Labute approximate surface area is 126 Å². The van der Waals surface area contributed by atoms with Crippen molar-refractivity contribution in [1.82, 2.24) is 0 Å². The molecule has 0 aromatic rings. The quantitative estimate of drug-likeness (QED) is 0.327. The van der Waals surface area contributed by atoms with Crippen molar-refractivity contribution >= 4 is 41.1 Å². The van der Waals surface area contributed by atoms with E-state index in [2.05, 4.69) is 24.8 Å². The summed E-state index contributed by atoms with van der Waals surface area (Å²) < 4.78 is 0.194. The van der Waals surface area contributed by atoms with Crippen LogP contribution in [0, 0.1) is 35.6 Å². The van der Waals surface area contributed by atoms with Crippen molar-refractivity contribution in [2.75, 3.05) is 0 Å². The second-order valence-corrected chi connectivity index (χ2v) is 3.44. The summed E-state index contributed by atoms with van der Waals surface area (Å²) in [5.41, 5.74) is 9.71. The zero-order chi connectivity index (χ0) is 11.7. The molecule has 0 saturated heterocycles. The molecule has 6 N–H and O–H groups in total. The number of carboxylic acids is 2. The first-order valence-electron chi connectivity index (χ1n) is 3.46. The number of carboxylic acid groups (broad SMARTS) is 2. The number of nitrogens with two attached hydrogens (primary N) is 2. The van der Waals surface area contributed by atoms with E-state index in [0.29, 0.717) is 0 Å². The number of thiol groups is 1. The summed E-state index contributed by atoms with van der Waals surface area (Å²) in [5, 5.41) is 16.3. The first-order valence-corrected chi connectivity index (χ1v) is 4.31. The van der Waals surface area contributed by atoms with Crippen molar-refractivity contribution in [2.45, 2.75) is 18.9 Å². The third-order valence-electron chi connectivity index (χ3n) is 0.986. The third-order valence-corrected chi connectivity index (χ3v) is 0.986. The molecule has 15 heavy (non-hydrogen) atoms. The van der Waals surface area contributed by atoms with Gasteiger partial charge in [-0.25, -0.2) is 0 Å². The maximum absolute atomic E-state index is 9.99. The third kappa shape index (κ3) is 25.0. The molecule has 0 aliphatic heterocycles. The van der Waals surface area contributed by atoms with Gasteiger partial charge in [-0.2, -0.15) is 0 Å². The summed E-state index contributed by atoms with van der Waals surface area (Å²) in [7, 11) is 0. The fraction of sp³-hybridized carbons (Fsp3) is 0.500. The van der Waals surface area contributed by atoms with Gasteiger partial charge in [0.2, 0.25) is 0 Å². The first kappa shape index (κ1) is 20.7. The molecular formula is C6H12LaN2O4S2. The Bertz CT molecular complexity index is 223. The van der Waals surface area contributed by atoms with Crippen LogP contribution in [0.3, 0.4) is 0 Å². The van der Waals surface area contributed by atoms with Crippen molar-refractivity contribution in [3.05, 3.63) is 0 Å². The van der Waals surface area contributed by atoms with Gasteiger partial charge in [0.05, 0.1) is 0 Å². The molecule has 0 rings (SSSR count). The molecule has 0 fully saturated rings. The summed E-state index contributed by atoms with van der Waals surface area (Å²) in [6.07, 6.45) is -0.224. The van der Waals surface area contributed by atoms with Gasteiger partial charge < -0.3 is 21.7 Å². The second kappa shape index (κ2) is 12.4. The van der Waals surface area contributed by atoms with Gasteiger partial charge in [-0.1, -0.05) is 12.2 Å². The first-order chi connectivity index (χ1) is 6.27. The molecule has 0 saturated carbocycles. The van der Waals surface area contributed by atoms with Crippen LogP contribution in [0.15, 0.2) is 0 Å². The van der Waals surface area contributed by atoms with E-state index in [9.17, 15) is 9.59 Å². The van der Waals surface area contributed by atoms with E-state index >= 15 is 0 Å². The van der Waals surface area contributed by atoms with Crippen LogP contribution in [0.5, 0.6) is 0 Å². The molecule has 85 valence electrons. The van der Waals surface area contributed by atoms with Gasteiger partial charge in [0, 0.05) is 42.0 Å². The molecule has 1 radical (unpaired) electrons. The predicted octanol–water partition coefficient (Wildman–Crippen LogP) is -0.577. The number of aliphatic carboxylic acids is 2. The van der Waals surface area contributed by atoms with Crippen molar-refractivity contribution < 1.29 is 55.4 Å². The molecular weight excluding hydrogens is 367 g/mol. The van der Waals surface area contributed by atoms with E-state index in [1.807, 2.05) is 0 Å². The summed E-state index contributed by atoms with van der Waals surface area (Å²) in [6.45, 7) is 0. The molecule has 1 unspecified atom stereocenters. The topological polar surface area (TPSA) is 127 Å². The van der Waals surface area contributed by atoms with Crippen LogP contribution in [0.1, 0.15) is 12.8 Å². The average Bonchev–Trinajstić information content (AvgIpc) is 1.98. The van der Waals surface area contributed by atoms with Crippen LogP contribution in [0.25, 0.3) is 0 Å². The van der Waals surface area contributed by atoms with Crippen LogP contribution >= 0.6 is 24.8 Å². The molecule has 1 atom stereocenters. The fourth-order valence-electron chi connectivity index (χ4n) is 0.402. The van der Waals surface area contributed by atoms with Crippen LogP contribution in [-0.2, 0) is 9.59 Å². The van der Waals surface area contributed by atoms with Gasteiger partial charge in [-0.15, -0.1) is 12.6 Å². The average molecular weight is 379 g/mol. The van der Waals surface area contributed by atoms with E-state index in [4.69, 9.17) is 21.7 Å². The minimum atomic E-state index is -1.17. The minimum absolute atomic E-state index is 0. The summed E-state index contributed by atoms with van der Waals surface area (Å²) >= 11 is 7.65. The van der Waals surface area contributed by atoms with Gasteiger partial charge in [-0.3, -0.25) is 9.59 Å². The number of hydrogen-bond donors (Lipinski definition) is 5. The zero-order valence-corrected chi connectivity index (χ0v) is 13.1. The summed E-state index contributed by atoms with van der Waals surface area (Å²) in [4.78, 5) is 19.9. The molecule has 0 heterocycles. The maximum Gasteiger partial charge on any atom is 0.320 e. The smallest absolute Gasteiger partial charge is 0.320 e. The van der Waals surface area contributed by atoms with E-state index in [1.165, 1.54) is 0 Å². The van der Waals surface area contributed by atoms with Crippen molar-refractivity contribution in [3.63, 3.8) is 0 Å². The summed E-state index contributed by atoms with van der Waals surface area (Å²) in [6, 6.07) is -1.06. The normalized spacial score (nSPS) is 10.0. The van der Waals surface area contributed by atoms with Crippen molar-refractivity contribution in [3.8, 4) is 0 Å². The molecule has 6 nitrogen and oxygen atoms in total. The fourth-order valence-corrected chi connectivity index (χ4v) is 0.402. The number of thiocarbonyl (C=S) groups is 1. The number of carbonyl (C=O) groups is 2. The van der Waals surface area contributed by atoms with Crippen LogP contribution in [0.4, 0.5) is 0 Å². The Hall–Kier alpha value is 0.335. The molecule has 0 spiro atoms. The number of hydrogen-bond acceptors (Lipinski definition) is 4. The van der Waals surface area contributed by atoms with Gasteiger partial charge in [0.25, 0.3) is 0 Å². The standard InChI is InChI=1S/C5H9NO4.CH3NS2.La/c6-3(5(9)10)1-2-4(7)8;2-1(3)4;/h3H,1-2,6H2,(H,7,8)(H,9,10);(H3,2,3,4);. The number of rotatable bonds is 4. The van der Waals surface area contributed by atoms with Gasteiger partial charge in [-0.05, 0) is 6.42 Å². The molecule has 0 aromatic heterocycles. The Kier molecular flexibility index (Phi) is 17.1. The van der Waals surface area contributed by atoms with E-state index in [0.717, 1.165) is 0 Å². The Morgan fingerprint density at radius 2 is 1.73 bits per heavy atom. The van der Waals surface area contributed by atoms with Gasteiger partial charge in [0.15, 0.2) is 0 Å². The van der Waals surface area contributed by atoms with Crippen molar-refractivity contribution in [2.24, 2.45) is 11.5 Å². The van der Waals surface area contributed by atoms with E-state index in [1.54, 1.807) is 0 Å². The van der Waals surface area contributed by atoms with Crippen LogP contribution in [-0.4, -0.2) is 32.5 Å². The largest absolute Gasteiger partial charge is 0.481 e. The van der Waals surface area contributed by atoms with E-state index < -0.39 is 18.0 Å². The molecule has 0 amide bonds. The molecule has 0 bridgehead atoms. The molecule has 9 heteroatoms. The predicted molar refractivity (Wildman–Crippen MR) is 58.3 cm³/mol. The van der Waals surface area contributed by atoms with Crippen LogP contribution in [0.2, 0.25) is 0 Å². The SMILES string of the molecule is NC(=S)S.NC(CCC(=O)O)C(=O)O.[La]. The Morgan fingerprint density at radius 1 is 1.40 bits per heavy atom.